The van der Waals surface area contributed by atoms with E-state index in [0.29, 0.717) is 0 Å². The molecule has 1 nitrogen and oxygen atoms in total. The quantitative estimate of drug-likeness (QED) is 0.414. The maximum Gasteiger partial charge on any atom is 0 e. The van der Waals surface area contributed by atoms with Crippen LogP contribution in [-0.2, 0) is 0 Å². The van der Waals surface area contributed by atoms with E-state index in [1.165, 1.54) is 0 Å². The second kappa shape index (κ2) is 9.33. The molecule has 0 aromatic carbocycles. The zero-order valence-corrected chi connectivity index (χ0v) is 3.44. The summed E-state index contributed by atoms with van der Waals surface area (Å²) in [7, 11) is 0. The molecule has 0 aromatic rings. The van der Waals surface area contributed by atoms with Crippen LogP contribution >= 0.6 is 0 Å². The van der Waals surface area contributed by atoms with Crippen molar-refractivity contribution in [2.75, 3.05) is 0 Å². The molecule has 0 fully saturated rings. The Morgan fingerprint density at radius 2 is 2.00 bits per heavy atom. The van der Waals surface area contributed by atoms with Crippen molar-refractivity contribution in [1.29, 1.82) is 0 Å². The van der Waals surface area contributed by atoms with E-state index in [9.17, 15) is 0 Å². The lowest BCUT2D eigenvalue weighted by Crippen LogP contribution is -1.36. The van der Waals surface area contributed by atoms with Gasteiger partial charge in [-0.05, 0) is 6.42 Å². The normalized spacial score (nSPS) is 5.00. The van der Waals surface area contributed by atoms with Crippen molar-refractivity contribution in [3.8, 4) is 0 Å². The van der Waals surface area contributed by atoms with Gasteiger partial charge in [0.15, 0.2) is 0 Å². The molecule has 0 spiro atoms. The zero-order valence-electron chi connectivity index (χ0n) is 3.44. The third kappa shape index (κ3) is 21.8. The molecule has 0 aliphatic rings. The summed E-state index contributed by atoms with van der Waals surface area (Å²) in [5.74, 6) is 0. The first kappa shape index (κ1) is 8.83. The number of rotatable bonds is 1. The molecule has 0 atom stereocenters. The van der Waals surface area contributed by atoms with E-state index in [1.54, 1.807) is 0 Å². The highest BCUT2D eigenvalue weighted by Gasteiger charge is 1.45. The lowest BCUT2D eigenvalue weighted by molar-refractivity contribution is 1.23. The molecule has 0 N–H and O–H groups in total. The van der Waals surface area contributed by atoms with Crippen LogP contribution in [0.5, 0.6) is 0 Å². The van der Waals surface area contributed by atoms with Crippen LogP contribution in [0.25, 0.3) is 0 Å². The average molecular weight is 70.1 g/mol. The molecule has 5 heavy (non-hydrogen) atoms. The summed E-state index contributed by atoms with van der Waals surface area (Å²) in [5, 5.41) is 0. The van der Waals surface area contributed by atoms with Crippen molar-refractivity contribution in [3.63, 3.8) is 0 Å². The Balaban J connectivity index is 0. The van der Waals surface area contributed by atoms with Gasteiger partial charge in [-0.3, -0.25) is 0 Å². The van der Waals surface area contributed by atoms with Crippen molar-refractivity contribution in [2.45, 2.75) is 13.3 Å². The maximum atomic E-state index is 3.48. The lowest BCUT2D eigenvalue weighted by Gasteiger charge is -1.57. The molecule has 0 bridgehead atoms. The molecule has 0 aliphatic carbocycles. The summed E-state index contributed by atoms with van der Waals surface area (Å²) in [6.07, 6.45) is 2.96. The fourth-order valence-electron chi connectivity index (χ4n) is 0. The van der Waals surface area contributed by atoms with Crippen LogP contribution in [0.2, 0.25) is 0 Å². The van der Waals surface area contributed by atoms with Crippen LogP contribution in [0.15, 0.2) is 12.7 Å². The van der Waals surface area contributed by atoms with Crippen molar-refractivity contribution in [1.82, 2.24) is 6.15 Å². The molecule has 1 heteroatoms. The number of nitrogens with zero attached hydrogens (tertiary/aromatic N) is 1. The van der Waals surface area contributed by atoms with Gasteiger partial charge in [0, 0.05) is 6.15 Å². The van der Waals surface area contributed by atoms with Gasteiger partial charge in [-0.25, -0.2) is 0 Å². The van der Waals surface area contributed by atoms with E-state index in [1.807, 2.05) is 6.08 Å². The van der Waals surface area contributed by atoms with Gasteiger partial charge in [-0.1, -0.05) is 13.0 Å². The first-order valence-corrected chi connectivity index (χ1v) is 1.52. The molecule has 0 aromatic heterocycles. The molecule has 0 rings (SSSR count). The minimum Gasteiger partial charge on any atom is -0.103 e. The van der Waals surface area contributed by atoms with E-state index in [4.69, 9.17) is 0 Å². The van der Waals surface area contributed by atoms with Gasteiger partial charge in [-0.2, -0.15) is 0 Å². The standard InChI is InChI=1S/C4H8.N/c1-3-4-2;/h3H,1,4H2,2H3;. The first-order chi connectivity index (χ1) is 1.91. The van der Waals surface area contributed by atoms with Gasteiger partial charge in [0.1, 0.15) is 0 Å². The van der Waals surface area contributed by atoms with E-state index in [0.717, 1.165) is 6.42 Å². The predicted octanol–water partition coefficient (Wildman–Crippen LogP) is 1.10. The van der Waals surface area contributed by atoms with Gasteiger partial charge in [0.25, 0.3) is 0 Å². The highest BCUT2D eigenvalue weighted by atomic mass is 14.0. The molecule has 0 heterocycles. The molecule has 29 valence electrons. The first-order valence-electron chi connectivity index (χ1n) is 1.52. The molecular weight excluding hydrogens is 62.1 g/mol. The Morgan fingerprint density at radius 3 is 2.00 bits per heavy atom. The van der Waals surface area contributed by atoms with Gasteiger partial charge in [-0.15, -0.1) is 6.58 Å². The third-order valence-corrected chi connectivity index (χ3v) is 0.289. The second-order valence-corrected chi connectivity index (χ2v) is 0.697. The minimum absolute atomic E-state index is 0. The SMILES string of the molecule is C=CCC.[N]. The number of allylic oxidation sites excluding steroid dienone is 1. The van der Waals surface area contributed by atoms with Crippen molar-refractivity contribution < 1.29 is 0 Å². The molecule has 0 saturated heterocycles. The highest BCUT2D eigenvalue weighted by molar-refractivity contribution is 4.60. The summed E-state index contributed by atoms with van der Waals surface area (Å²) < 4.78 is 0. The van der Waals surface area contributed by atoms with E-state index >= 15 is 0 Å². The van der Waals surface area contributed by atoms with Crippen molar-refractivity contribution in [2.24, 2.45) is 0 Å². The number of hydrogen-bond acceptors (Lipinski definition) is 0. The molecule has 0 aliphatic heterocycles. The minimum atomic E-state index is 0. The van der Waals surface area contributed by atoms with Gasteiger partial charge in [0.2, 0.25) is 0 Å². The fourth-order valence-corrected chi connectivity index (χ4v) is 0. The molecule has 0 unspecified atom stereocenters. The zero-order chi connectivity index (χ0) is 3.41. The molecule has 0 amide bonds. The topological polar surface area (TPSA) is 30.5 Å². The third-order valence-electron chi connectivity index (χ3n) is 0.289. The number of hydrogen-bond donors (Lipinski definition) is 0. The van der Waals surface area contributed by atoms with E-state index < -0.39 is 0 Å². The van der Waals surface area contributed by atoms with Crippen LogP contribution < -0.4 is 6.15 Å². The van der Waals surface area contributed by atoms with Crippen LogP contribution in [0.1, 0.15) is 13.3 Å². The summed E-state index contributed by atoms with van der Waals surface area (Å²) >= 11 is 0. The Hall–Kier alpha value is -0.300. The van der Waals surface area contributed by atoms with Crippen LogP contribution in [-0.4, -0.2) is 0 Å². The van der Waals surface area contributed by atoms with Gasteiger partial charge in [0.05, 0.1) is 0 Å². The van der Waals surface area contributed by atoms with Gasteiger partial charge < -0.3 is 0 Å². The summed E-state index contributed by atoms with van der Waals surface area (Å²) in [6.45, 7) is 5.54. The Labute approximate surface area is 33.3 Å². The lowest BCUT2D eigenvalue weighted by atomic mass is 10.5. The molecular formula is C4H8N. The maximum absolute atomic E-state index is 3.48. The van der Waals surface area contributed by atoms with Crippen molar-refractivity contribution >= 4 is 0 Å². The summed E-state index contributed by atoms with van der Waals surface area (Å²) in [4.78, 5) is 0. The largest absolute Gasteiger partial charge is 0.103 e. The fraction of sp³-hybridized carbons (Fsp3) is 0.500. The highest BCUT2D eigenvalue weighted by Crippen LogP contribution is 1.66. The summed E-state index contributed by atoms with van der Waals surface area (Å²) in [6, 6.07) is 0. The molecule has 3 radical (unpaired) electrons. The van der Waals surface area contributed by atoms with E-state index in [-0.39, 0.29) is 6.15 Å². The monoisotopic (exact) mass is 70.1 g/mol. The van der Waals surface area contributed by atoms with Crippen LogP contribution in [0, 0.1) is 0 Å². The molecule has 0 saturated carbocycles. The predicted molar refractivity (Wildman–Crippen MR) is 22.6 cm³/mol. The second-order valence-electron chi connectivity index (χ2n) is 0.697. The van der Waals surface area contributed by atoms with Crippen LogP contribution in [0.4, 0.5) is 0 Å². The average Bonchev–Trinajstić information content (AvgIpc) is 1.37. The Kier molecular flexibility index (Phi) is 16.5. The van der Waals surface area contributed by atoms with Gasteiger partial charge >= 0.3 is 0 Å². The van der Waals surface area contributed by atoms with Crippen LogP contribution in [0.3, 0.4) is 0 Å². The van der Waals surface area contributed by atoms with E-state index in [2.05, 4.69) is 13.5 Å². The smallest absolute Gasteiger partial charge is 0 e. The summed E-state index contributed by atoms with van der Waals surface area (Å²) in [5.41, 5.74) is 0. The Morgan fingerprint density at radius 1 is 1.80 bits per heavy atom. The Bertz CT molecular complexity index is 17.6. The van der Waals surface area contributed by atoms with Crippen molar-refractivity contribution in [3.05, 3.63) is 12.7 Å².